The van der Waals surface area contributed by atoms with Gasteiger partial charge in [0.15, 0.2) is 5.16 Å². The van der Waals surface area contributed by atoms with Gasteiger partial charge in [-0.1, -0.05) is 11.8 Å². The molecule has 0 aromatic carbocycles. The van der Waals surface area contributed by atoms with Crippen LogP contribution in [0.3, 0.4) is 0 Å². The Labute approximate surface area is 75.8 Å². The van der Waals surface area contributed by atoms with Gasteiger partial charge in [0.05, 0.1) is 0 Å². The second-order valence-electron chi connectivity index (χ2n) is 2.67. The second-order valence-corrected chi connectivity index (χ2v) is 3.45. The molecule has 0 fully saturated rings. The van der Waals surface area contributed by atoms with Crippen LogP contribution in [0.2, 0.25) is 0 Å². The van der Waals surface area contributed by atoms with Gasteiger partial charge >= 0.3 is 0 Å². The largest absolute Gasteiger partial charge is 0.291 e. The lowest BCUT2D eigenvalue weighted by Gasteiger charge is -2.06. The van der Waals surface area contributed by atoms with Crippen molar-refractivity contribution in [2.24, 2.45) is 7.05 Å². The van der Waals surface area contributed by atoms with Gasteiger partial charge in [-0.15, -0.1) is 0 Å². The Morgan fingerprint density at radius 3 is 2.50 bits per heavy atom. The van der Waals surface area contributed by atoms with Gasteiger partial charge in [0.1, 0.15) is 0 Å². The molecule has 0 radical (unpaired) electrons. The van der Waals surface area contributed by atoms with Crippen molar-refractivity contribution in [3.63, 3.8) is 0 Å². The zero-order valence-corrected chi connectivity index (χ0v) is 8.53. The van der Waals surface area contributed by atoms with Crippen LogP contribution in [0, 0.1) is 13.8 Å². The fourth-order valence-electron chi connectivity index (χ4n) is 0.978. The summed E-state index contributed by atoms with van der Waals surface area (Å²) in [5, 5.41) is 0.767. The third-order valence-corrected chi connectivity index (χ3v) is 2.63. The van der Waals surface area contributed by atoms with Crippen molar-refractivity contribution in [2.75, 3.05) is 6.26 Å². The van der Waals surface area contributed by atoms with Crippen molar-refractivity contribution in [1.82, 2.24) is 9.55 Å². The molecule has 3 nitrogen and oxygen atoms in total. The Bertz CT molecular complexity index is 357. The van der Waals surface area contributed by atoms with Gasteiger partial charge < -0.3 is 0 Å². The van der Waals surface area contributed by atoms with Gasteiger partial charge in [0.2, 0.25) is 0 Å². The minimum absolute atomic E-state index is 0.0480. The average Bonchev–Trinajstić information content (AvgIpc) is 2.08. The van der Waals surface area contributed by atoms with Gasteiger partial charge in [-0.3, -0.25) is 9.36 Å². The topological polar surface area (TPSA) is 34.9 Å². The lowest BCUT2D eigenvalue weighted by Crippen LogP contribution is -2.23. The van der Waals surface area contributed by atoms with Crippen LogP contribution in [0.25, 0.3) is 0 Å². The Balaban J connectivity index is 3.50. The van der Waals surface area contributed by atoms with Crippen LogP contribution >= 0.6 is 11.8 Å². The predicted octanol–water partition coefficient (Wildman–Crippen LogP) is 1.12. The monoisotopic (exact) mass is 184 g/mol. The lowest BCUT2D eigenvalue weighted by atomic mass is 10.3. The quantitative estimate of drug-likeness (QED) is 0.484. The molecule has 1 aromatic heterocycles. The molecule has 0 atom stereocenters. The van der Waals surface area contributed by atoms with Crippen molar-refractivity contribution < 1.29 is 0 Å². The summed E-state index contributed by atoms with van der Waals surface area (Å²) in [4.78, 5) is 15.8. The number of aryl methyl sites for hydroxylation is 1. The van der Waals surface area contributed by atoms with Crippen LogP contribution in [0.15, 0.2) is 9.95 Å². The SMILES string of the molecule is CSc1nc(C)c(C)c(=O)n1C. The number of thioether (sulfide) groups is 1. The number of aromatic nitrogens is 2. The first-order valence-electron chi connectivity index (χ1n) is 3.66. The maximum Gasteiger partial charge on any atom is 0.257 e. The summed E-state index contributed by atoms with van der Waals surface area (Å²) < 4.78 is 1.58. The Kier molecular flexibility index (Phi) is 2.57. The maximum atomic E-state index is 11.5. The van der Waals surface area contributed by atoms with Crippen molar-refractivity contribution in [3.8, 4) is 0 Å². The zero-order chi connectivity index (χ0) is 9.30. The van der Waals surface area contributed by atoms with Crippen LogP contribution < -0.4 is 5.56 Å². The summed E-state index contributed by atoms with van der Waals surface area (Å²) >= 11 is 1.48. The molecule has 0 aliphatic rings. The van der Waals surface area contributed by atoms with Crippen molar-refractivity contribution >= 4 is 11.8 Å². The van der Waals surface area contributed by atoms with Gasteiger partial charge in [0, 0.05) is 18.3 Å². The molecule has 0 aliphatic carbocycles. The van der Waals surface area contributed by atoms with E-state index in [0.29, 0.717) is 0 Å². The number of hydrogen-bond donors (Lipinski definition) is 0. The molecular formula is C8H12N2OS. The fraction of sp³-hybridized carbons (Fsp3) is 0.500. The molecule has 0 unspecified atom stereocenters. The van der Waals surface area contributed by atoms with Crippen LogP contribution in [0.1, 0.15) is 11.3 Å². The number of nitrogens with zero attached hydrogens (tertiary/aromatic N) is 2. The van der Waals surface area contributed by atoms with E-state index in [9.17, 15) is 4.79 Å². The molecule has 0 spiro atoms. The molecule has 0 amide bonds. The van der Waals surface area contributed by atoms with E-state index in [2.05, 4.69) is 4.98 Å². The minimum atomic E-state index is 0.0480. The van der Waals surface area contributed by atoms with Crippen LogP contribution in [0.4, 0.5) is 0 Å². The molecule has 0 N–H and O–H groups in total. The number of hydrogen-bond acceptors (Lipinski definition) is 3. The highest BCUT2D eigenvalue weighted by Crippen LogP contribution is 2.09. The summed E-state index contributed by atoms with van der Waals surface area (Å²) in [5.41, 5.74) is 1.60. The molecule has 12 heavy (non-hydrogen) atoms. The van der Waals surface area contributed by atoms with E-state index in [-0.39, 0.29) is 5.56 Å². The van der Waals surface area contributed by atoms with E-state index >= 15 is 0 Å². The van der Waals surface area contributed by atoms with Crippen molar-refractivity contribution in [1.29, 1.82) is 0 Å². The van der Waals surface area contributed by atoms with Crippen LogP contribution in [-0.4, -0.2) is 15.8 Å². The Morgan fingerprint density at radius 2 is 2.00 bits per heavy atom. The van der Waals surface area contributed by atoms with E-state index < -0.39 is 0 Å². The molecule has 0 bridgehead atoms. The Morgan fingerprint density at radius 1 is 1.42 bits per heavy atom. The normalized spacial score (nSPS) is 10.3. The third kappa shape index (κ3) is 1.39. The van der Waals surface area contributed by atoms with Crippen molar-refractivity contribution in [3.05, 3.63) is 21.6 Å². The van der Waals surface area contributed by atoms with Gasteiger partial charge in [-0.2, -0.15) is 0 Å². The molecule has 0 saturated carbocycles. The highest BCUT2D eigenvalue weighted by molar-refractivity contribution is 7.98. The second kappa shape index (κ2) is 3.31. The zero-order valence-electron chi connectivity index (χ0n) is 7.71. The van der Waals surface area contributed by atoms with E-state index in [1.165, 1.54) is 11.8 Å². The molecule has 1 rings (SSSR count). The van der Waals surface area contributed by atoms with Gasteiger partial charge in [-0.25, -0.2) is 4.98 Å². The van der Waals surface area contributed by atoms with Crippen molar-refractivity contribution in [2.45, 2.75) is 19.0 Å². The summed E-state index contributed by atoms with van der Waals surface area (Å²) in [7, 11) is 1.74. The maximum absolute atomic E-state index is 11.5. The lowest BCUT2D eigenvalue weighted by molar-refractivity contribution is 0.690. The fourth-order valence-corrected chi connectivity index (χ4v) is 1.56. The molecule has 1 aromatic rings. The average molecular weight is 184 g/mol. The molecule has 0 aliphatic heterocycles. The van der Waals surface area contributed by atoms with E-state index in [1.807, 2.05) is 13.2 Å². The van der Waals surface area contributed by atoms with E-state index in [0.717, 1.165) is 16.4 Å². The van der Waals surface area contributed by atoms with Gasteiger partial charge in [-0.05, 0) is 20.1 Å². The minimum Gasteiger partial charge on any atom is -0.291 e. The highest BCUT2D eigenvalue weighted by Gasteiger charge is 2.05. The summed E-state index contributed by atoms with van der Waals surface area (Å²) in [6, 6.07) is 0. The standard InChI is InChI=1S/C8H12N2OS/c1-5-6(2)9-8(12-4)10(3)7(5)11/h1-4H3. The van der Waals surface area contributed by atoms with Crippen LogP contribution in [0.5, 0.6) is 0 Å². The van der Waals surface area contributed by atoms with E-state index in [1.54, 1.807) is 18.5 Å². The van der Waals surface area contributed by atoms with Crippen LogP contribution in [-0.2, 0) is 7.05 Å². The van der Waals surface area contributed by atoms with E-state index in [4.69, 9.17) is 0 Å². The predicted molar refractivity (Wildman–Crippen MR) is 50.7 cm³/mol. The third-order valence-electron chi connectivity index (χ3n) is 1.90. The molecular weight excluding hydrogens is 172 g/mol. The smallest absolute Gasteiger partial charge is 0.257 e. The highest BCUT2D eigenvalue weighted by atomic mass is 32.2. The first kappa shape index (κ1) is 9.32. The molecule has 0 saturated heterocycles. The molecule has 1 heterocycles. The van der Waals surface area contributed by atoms with Gasteiger partial charge in [0.25, 0.3) is 5.56 Å². The first-order chi connectivity index (χ1) is 5.57. The molecule has 4 heteroatoms. The summed E-state index contributed by atoms with van der Waals surface area (Å²) in [5.74, 6) is 0. The number of rotatable bonds is 1. The molecule has 66 valence electrons. The Hall–Kier alpha value is -0.770. The summed E-state index contributed by atoms with van der Waals surface area (Å²) in [6.45, 7) is 3.66. The summed E-state index contributed by atoms with van der Waals surface area (Å²) in [6.07, 6.45) is 1.91. The first-order valence-corrected chi connectivity index (χ1v) is 4.88.